The fraction of sp³-hybridized carbons (Fsp3) is 0.520. The normalized spacial score (nSPS) is 20.0. The first-order chi connectivity index (χ1) is 14.5. The minimum absolute atomic E-state index is 0.0287. The lowest BCUT2D eigenvalue weighted by Gasteiger charge is -2.43. The summed E-state index contributed by atoms with van der Waals surface area (Å²) < 4.78 is 11.5. The Labute approximate surface area is 178 Å². The van der Waals surface area contributed by atoms with E-state index in [1.54, 1.807) is 7.11 Å². The summed E-state index contributed by atoms with van der Waals surface area (Å²) in [5.41, 5.74) is 4.81. The fourth-order valence-electron chi connectivity index (χ4n) is 5.15. The largest absolute Gasteiger partial charge is 0.493 e. The summed E-state index contributed by atoms with van der Waals surface area (Å²) in [4.78, 5) is 28.5. The van der Waals surface area contributed by atoms with Gasteiger partial charge in [0.25, 0.3) is 0 Å². The van der Waals surface area contributed by atoms with E-state index in [0.717, 1.165) is 60.3 Å². The van der Waals surface area contributed by atoms with Gasteiger partial charge in [0.05, 0.1) is 13.2 Å². The van der Waals surface area contributed by atoms with Crippen LogP contribution < -0.4 is 9.47 Å². The van der Waals surface area contributed by atoms with Crippen molar-refractivity contribution < 1.29 is 19.1 Å². The summed E-state index contributed by atoms with van der Waals surface area (Å²) in [7, 11) is 1.62. The minimum Gasteiger partial charge on any atom is -0.493 e. The molecular weight excluding hydrogens is 378 g/mol. The van der Waals surface area contributed by atoms with Gasteiger partial charge in [0.15, 0.2) is 23.1 Å². The molecule has 3 aliphatic rings. The van der Waals surface area contributed by atoms with Gasteiger partial charge in [-0.15, -0.1) is 0 Å². The summed E-state index contributed by atoms with van der Waals surface area (Å²) in [6.07, 6.45) is 4.67. The summed E-state index contributed by atoms with van der Waals surface area (Å²) in [6.45, 7) is 6.84. The van der Waals surface area contributed by atoms with Crippen molar-refractivity contribution >= 4 is 11.6 Å². The molecule has 160 valence electrons. The highest BCUT2D eigenvalue weighted by atomic mass is 16.5. The highest BCUT2D eigenvalue weighted by Crippen LogP contribution is 2.49. The third-order valence-corrected chi connectivity index (χ3v) is 6.29. The highest BCUT2D eigenvalue weighted by molar-refractivity contribution is 6.06. The van der Waals surface area contributed by atoms with Crippen molar-refractivity contribution in [2.45, 2.75) is 71.3 Å². The van der Waals surface area contributed by atoms with E-state index in [9.17, 15) is 9.59 Å². The summed E-state index contributed by atoms with van der Waals surface area (Å²) in [6, 6.07) is 5.84. The zero-order chi connectivity index (χ0) is 21.4. The first-order valence-electron chi connectivity index (χ1n) is 11.1. The third kappa shape index (κ3) is 3.44. The van der Waals surface area contributed by atoms with Crippen LogP contribution in [-0.2, 0) is 9.59 Å². The molecule has 2 aliphatic carbocycles. The quantitative estimate of drug-likeness (QED) is 0.691. The van der Waals surface area contributed by atoms with Crippen LogP contribution in [0.5, 0.6) is 11.5 Å². The molecule has 30 heavy (non-hydrogen) atoms. The SMILES string of the molecule is CCN1C2=C(C(=O)CCC2)C(c2ccc(OC(C)C)c(OC)c2)C2=C1CCCC2=O. The molecule has 1 aromatic carbocycles. The van der Waals surface area contributed by atoms with E-state index in [4.69, 9.17) is 9.47 Å². The Hall–Kier alpha value is -2.56. The van der Waals surface area contributed by atoms with Gasteiger partial charge < -0.3 is 14.4 Å². The van der Waals surface area contributed by atoms with Crippen LogP contribution >= 0.6 is 0 Å². The maximum atomic E-state index is 13.1. The van der Waals surface area contributed by atoms with Gasteiger partial charge in [-0.25, -0.2) is 0 Å². The maximum Gasteiger partial charge on any atom is 0.161 e. The number of rotatable bonds is 5. The van der Waals surface area contributed by atoms with Gasteiger partial charge in [-0.05, 0) is 64.2 Å². The molecule has 4 rings (SSSR count). The van der Waals surface area contributed by atoms with Crippen LogP contribution in [-0.4, -0.2) is 36.2 Å². The van der Waals surface area contributed by atoms with Crippen molar-refractivity contribution in [2.24, 2.45) is 0 Å². The Morgan fingerprint density at radius 2 is 1.57 bits per heavy atom. The van der Waals surface area contributed by atoms with Crippen molar-refractivity contribution in [1.29, 1.82) is 0 Å². The molecular formula is C25H31NO4. The van der Waals surface area contributed by atoms with Gasteiger partial charge in [0, 0.05) is 47.8 Å². The molecule has 0 spiro atoms. The summed E-state index contributed by atoms with van der Waals surface area (Å²) >= 11 is 0. The van der Waals surface area contributed by atoms with Crippen LogP contribution in [0.2, 0.25) is 0 Å². The number of hydrogen-bond donors (Lipinski definition) is 0. The second-order valence-electron chi connectivity index (χ2n) is 8.53. The van der Waals surface area contributed by atoms with Crippen molar-refractivity contribution in [3.05, 3.63) is 46.3 Å². The topological polar surface area (TPSA) is 55.8 Å². The molecule has 0 bridgehead atoms. The minimum atomic E-state index is -0.305. The van der Waals surface area contributed by atoms with E-state index in [2.05, 4.69) is 11.8 Å². The first-order valence-corrected chi connectivity index (χ1v) is 11.1. The van der Waals surface area contributed by atoms with Crippen molar-refractivity contribution in [1.82, 2.24) is 4.90 Å². The molecule has 1 aromatic rings. The van der Waals surface area contributed by atoms with Gasteiger partial charge in [-0.1, -0.05) is 6.07 Å². The number of hydrogen-bond acceptors (Lipinski definition) is 5. The third-order valence-electron chi connectivity index (χ3n) is 6.29. The zero-order valence-electron chi connectivity index (χ0n) is 18.4. The Morgan fingerprint density at radius 3 is 2.07 bits per heavy atom. The summed E-state index contributed by atoms with van der Waals surface area (Å²) in [5, 5.41) is 0. The number of ether oxygens (including phenoxy) is 2. The average molecular weight is 410 g/mol. The van der Waals surface area contributed by atoms with Crippen LogP contribution in [0, 0.1) is 0 Å². The number of benzene rings is 1. The lowest BCUT2D eigenvalue weighted by Crippen LogP contribution is -2.39. The molecule has 0 saturated heterocycles. The van der Waals surface area contributed by atoms with Gasteiger partial charge >= 0.3 is 0 Å². The number of methoxy groups -OCH3 is 1. The van der Waals surface area contributed by atoms with Crippen LogP contribution in [0.4, 0.5) is 0 Å². The molecule has 5 nitrogen and oxygen atoms in total. The van der Waals surface area contributed by atoms with E-state index in [0.29, 0.717) is 24.3 Å². The van der Waals surface area contributed by atoms with Gasteiger partial charge in [0.1, 0.15) is 0 Å². The van der Waals surface area contributed by atoms with Crippen LogP contribution in [0.1, 0.15) is 70.8 Å². The second-order valence-corrected chi connectivity index (χ2v) is 8.53. The molecule has 0 fully saturated rings. The molecule has 0 unspecified atom stereocenters. The number of Topliss-reactive ketones (excluding diaryl/α,β-unsaturated/α-hetero) is 2. The molecule has 5 heteroatoms. The van der Waals surface area contributed by atoms with E-state index >= 15 is 0 Å². The fourth-order valence-corrected chi connectivity index (χ4v) is 5.15. The first kappa shape index (κ1) is 20.7. The Morgan fingerprint density at radius 1 is 0.967 bits per heavy atom. The Bertz CT molecular complexity index is 896. The Balaban J connectivity index is 1.90. The predicted molar refractivity (Wildman–Crippen MR) is 116 cm³/mol. The molecule has 0 N–H and O–H groups in total. The maximum absolute atomic E-state index is 13.1. The predicted octanol–water partition coefficient (Wildman–Crippen LogP) is 4.92. The number of allylic oxidation sites excluding steroid dienone is 4. The number of ketones is 2. The molecule has 0 aromatic heterocycles. The lowest BCUT2D eigenvalue weighted by atomic mass is 9.71. The lowest BCUT2D eigenvalue weighted by molar-refractivity contribution is -0.117. The smallest absolute Gasteiger partial charge is 0.161 e. The van der Waals surface area contributed by atoms with Crippen molar-refractivity contribution in [2.75, 3.05) is 13.7 Å². The molecule has 0 saturated carbocycles. The number of nitrogens with zero attached hydrogens (tertiary/aromatic N) is 1. The van der Waals surface area contributed by atoms with E-state index < -0.39 is 0 Å². The average Bonchev–Trinajstić information content (AvgIpc) is 2.72. The zero-order valence-corrected chi connectivity index (χ0v) is 18.4. The van der Waals surface area contributed by atoms with Crippen LogP contribution in [0.25, 0.3) is 0 Å². The van der Waals surface area contributed by atoms with Gasteiger partial charge in [-0.2, -0.15) is 0 Å². The van der Waals surface area contributed by atoms with E-state index in [-0.39, 0.29) is 23.6 Å². The Kier molecular flexibility index (Phi) is 5.72. The van der Waals surface area contributed by atoms with Crippen LogP contribution in [0.3, 0.4) is 0 Å². The standard InChI is InChI=1S/C25H31NO4/c1-5-26-17-8-6-10-19(27)24(17)23(25-18(26)9-7-11-20(25)28)16-12-13-21(30-15(2)3)22(14-16)29-4/h12-15,23H,5-11H2,1-4H3. The second kappa shape index (κ2) is 8.29. The molecule has 0 radical (unpaired) electrons. The highest BCUT2D eigenvalue weighted by Gasteiger charge is 2.43. The number of carbonyl (C=O) groups excluding carboxylic acids is 2. The molecule has 0 amide bonds. The van der Waals surface area contributed by atoms with Gasteiger partial charge in [0.2, 0.25) is 0 Å². The van der Waals surface area contributed by atoms with Crippen molar-refractivity contribution in [3.8, 4) is 11.5 Å². The number of carbonyl (C=O) groups is 2. The van der Waals surface area contributed by atoms with Crippen molar-refractivity contribution in [3.63, 3.8) is 0 Å². The molecule has 1 aliphatic heterocycles. The monoisotopic (exact) mass is 409 g/mol. The summed E-state index contributed by atoms with van der Waals surface area (Å²) in [5.74, 6) is 1.35. The van der Waals surface area contributed by atoms with E-state index in [1.807, 2.05) is 32.0 Å². The van der Waals surface area contributed by atoms with Crippen LogP contribution in [0.15, 0.2) is 40.7 Å². The van der Waals surface area contributed by atoms with E-state index in [1.165, 1.54) is 0 Å². The molecule has 1 heterocycles. The van der Waals surface area contributed by atoms with Gasteiger partial charge in [-0.3, -0.25) is 9.59 Å². The molecule has 0 atom stereocenters.